The number of hydrogen-bond acceptors (Lipinski definition) is 4. The fourth-order valence-corrected chi connectivity index (χ4v) is 2.63. The fraction of sp³-hybridized carbons (Fsp3) is 0.391. The van der Waals surface area contributed by atoms with Crippen LogP contribution in [-0.2, 0) is 14.9 Å². The molecule has 0 spiro atoms. The molecule has 150 valence electrons. The largest absolute Gasteiger partial charge is 0.483 e. The van der Waals surface area contributed by atoms with Gasteiger partial charge in [-0.25, -0.2) is 4.79 Å². The lowest BCUT2D eigenvalue weighted by Crippen LogP contribution is -2.22. The first-order valence-corrected chi connectivity index (χ1v) is 9.60. The number of rotatable bonds is 8. The van der Waals surface area contributed by atoms with Crippen molar-refractivity contribution < 1.29 is 19.1 Å². The monoisotopic (exact) mass is 383 g/mol. The molecule has 0 fully saturated rings. The third-order valence-corrected chi connectivity index (χ3v) is 4.19. The van der Waals surface area contributed by atoms with Crippen LogP contribution in [0.15, 0.2) is 48.5 Å². The first-order chi connectivity index (χ1) is 13.3. The van der Waals surface area contributed by atoms with E-state index in [0.717, 1.165) is 18.4 Å². The Balaban J connectivity index is 1.89. The van der Waals surface area contributed by atoms with Crippen LogP contribution in [0.4, 0.5) is 5.69 Å². The lowest BCUT2D eigenvalue weighted by molar-refractivity contribution is -0.118. The Morgan fingerprint density at radius 2 is 1.68 bits per heavy atom. The smallest absolute Gasteiger partial charge is 0.338 e. The predicted molar refractivity (Wildman–Crippen MR) is 111 cm³/mol. The molecule has 0 saturated heterocycles. The van der Waals surface area contributed by atoms with Gasteiger partial charge in [0.05, 0.1) is 12.2 Å². The Morgan fingerprint density at radius 1 is 1.00 bits per heavy atom. The number of nitrogens with one attached hydrogen (secondary N) is 1. The zero-order valence-corrected chi connectivity index (χ0v) is 17.1. The van der Waals surface area contributed by atoms with E-state index in [0.29, 0.717) is 23.6 Å². The van der Waals surface area contributed by atoms with E-state index < -0.39 is 0 Å². The zero-order valence-electron chi connectivity index (χ0n) is 17.1. The summed E-state index contributed by atoms with van der Waals surface area (Å²) in [5.74, 6) is 0.0887. The Kier molecular flexibility index (Phi) is 7.61. The Hall–Kier alpha value is -2.82. The van der Waals surface area contributed by atoms with Gasteiger partial charge in [0.15, 0.2) is 6.61 Å². The Labute approximate surface area is 167 Å². The molecule has 2 rings (SSSR count). The Morgan fingerprint density at radius 3 is 2.32 bits per heavy atom. The SMILES string of the molecule is CCCCOC(=O)c1ccc(NC(=O)COc2ccccc2C(C)(C)C)cc1. The molecule has 28 heavy (non-hydrogen) atoms. The molecule has 2 aromatic rings. The number of para-hydroxylation sites is 1. The van der Waals surface area contributed by atoms with Crippen LogP contribution in [0.25, 0.3) is 0 Å². The van der Waals surface area contributed by atoms with Crippen molar-refractivity contribution in [1.82, 2.24) is 0 Å². The Bertz CT molecular complexity index is 791. The molecule has 0 aromatic heterocycles. The highest BCUT2D eigenvalue weighted by Crippen LogP contribution is 2.30. The molecule has 0 bridgehead atoms. The topological polar surface area (TPSA) is 64.6 Å². The maximum atomic E-state index is 12.2. The summed E-state index contributed by atoms with van der Waals surface area (Å²) in [6, 6.07) is 14.4. The summed E-state index contributed by atoms with van der Waals surface area (Å²) in [5.41, 5.74) is 2.04. The quantitative estimate of drug-likeness (QED) is 0.517. The van der Waals surface area contributed by atoms with Gasteiger partial charge in [-0.05, 0) is 47.7 Å². The second-order valence-corrected chi connectivity index (χ2v) is 7.65. The minimum atomic E-state index is -0.353. The lowest BCUT2D eigenvalue weighted by Gasteiger charge is -2.22. The van der Waals surface area contributed by atoms with Crippen LogP contribution in [0.3, 0.4) is 0 Å². The molecule has 0 unspecified atom stereocenters. The number of esters is 1. The number of benzene rings is 2. The van der Waals surface area contributed by atoms with Crippen LogP contribution in [0.5, 0.6) is 5.75 Å². The number of carbonyl (C=O) groups is 2. The highest BCUT2D eigenvalue weighted by molar-refractivity contribution is 5.93. The van der Waals surface area contributed by atoms with E-state index in [2.05, 4.69) is 26.1 Å². The fourth-order valence-electron chi connectivity index (χ4n) is 2.63. The molecular weight excluding hydrogens is 354 g/mol. The minimum Gasteiger partial charge on any atom is -0.483 e. The molecule has 0 atom stereocenters. The maximum Gasteiger partial charge on any atom is 0.338 e. The summed E-state index contributed by atoms with van der Waals surface area (Å²) in [5, 5.41) is 2.77. The van der Waals surface area contributed by atoms with Crippen molar-refractivity contribution in [3.8, 4) is 5.75 Å². The normalized spacial score (nSPS) is 11.0. The third kappa shape index (κ3) is 6.41. The van der Waals surface area contributed by atoms with E-state index in [1.54, 1.807) is 24.3 Å². The van der Waals surface area contributed by atoms with Crippen molar-refractivity contribution in [3.63, 3.8) is 0 Å². The zero-order chi connectivity index (χ0) is 20.6. The van der Waals surface area contributed by atoms with Crippen molar-refractivity contribution in [1.29, 1.82) is 0 Å². The molecule has 1 amide bonds. The summed E-state index contributed by atoms with van der Waals surface area (Å²) in [7, 11) is 0. The number of unbranched alkanes of at least 4 members (excludes halogenated alkanes) is 1. The number of carbonyl (C=O) groups excluding carboxylic acids is 2. The summed E-state index contributed by atoms with van der Waals surface area (Å²) in [4.78, 5) is 24.1. The van der Waals surface area contributed by atoms with Crippen LogP contribution in [0, 0.1) is 0 Å². The van der Waals surface area contributed by atoms with Gasteiger partial charge in [0.1, 0.15) is 5.75 Å². The van der Waals surface area contributed by atoms with E-state index in [9.17, 15) is 9.59 Å². The maximum absolute atomic E-state index is 12.2. The van der Waals surface area contributed by atoms with Crippen molar-refractivity contribution in [2.75, 3.05) is 18.5 Å². The summed E-state index contributed by atoms with van der Waals surface area (Å²) in [6.45, 7) is 8.67. The molecule has 1 N–H and O–H groups in total. The van der Waals surface area contributed by atoms with Gasteiger partial charge in [-0.3, -0.25) is 4.79 Å². The van der Waals surface area contributed by atoms with Gasteiger partial charge in [0, 0.05) is 5.69 Å². The van der Waals surface area contributed by atoms with Gasteiger partial charge >= 0.3 is 5.97 Å². The average molecular weight is 383 g/mol. The van der Waals surface area contributed by atoms with Gasteiger partial charge in [-0.2, -0.15) is 0 Å². The van der Waals surface area contributed by atoms with E-state index in [1.165, 1.54) is 0 Å². The van der Waals surface area contributed by atoms with E-state index >= 15 is 0 Å². The summed E-state index contributed by atoms with van der Waals surface area (Å²) < 4.78 is 10.9. The predicted octanol–water partition coefficient (Wildman–Crippen LogP) is 4.96. The molecule has 0 saturated carbocycles. The number of amides is 1. The van der Waals surface area contributed by atoms with E-state index in [1.807, 2.05) is 31.2 Å². The molecule has 0 aliphatic heterocycles. The molecular formula is C23H29NO4. The van der Waals surface area contributed by atoms with Gasteiger partial charge in [0.2, 0.25) is 0 Å². The van der Waals surface area contributed by atoms with Crippen LogP contribution >= 0.6 is 0 Å². The number of ether oxygens (including phenoxy) is 2. The summed E-state index contributed by atoms with van der Waals surface area (Å²) >= 11 is 0. The second-order valence-electron chi connectivity index (χ2n) is 7.65. The molecule has 2 aromatic carbocycles. The van der Waals surface area contributed by atoms with Crippen LogP contribution < -0.4 is 10.1 Å². The van der Waals surface area contributed by atoms with E-state index in [-0.39, 0.29) is 23.9 Å². The third-order valence-electron chi connectivity index (χ3n) is 4.19. The van der Waals surface area contributed by atoms with Gasteiger partial charge in [-0.15, -0.1) is 0 Å². The van der Waals surface area contributed by atoms with Gasteiger partial charge < -0.3 is 14.8 Å². The van der Waals surface area contributed by atoms with Crippen molar-refractivity contribution in [2.24, 2.45) is 0 Å². The molecule has 0 radical (unpaired) electrons. The van der Waals surface area contributed by atoms with Gasteiger partial charge in [-0.1, -0.05) is 52.3 Å². The molecule has 5 heteroatoms. The summed E-state index contributed by atoms with van der Waals surface area (Å²) in [6.07, 6.45) is 1.82. The van der Waals surface area contributed by atoms with Crippen LogP contribution in [0.2, 0.25) is 0 Å². The van der Waals surface area contributed by atoms with E-state index in [4.69, 9.17) is 9.47 Å². The first kappa shape index (κ1) is 21.5. The van der Waals surface area contributed by atoms with Crippen molar-refractivity contribution in [3.05, 3.63) is 59.7 Å². The van der Waals surface area contributed by atoms with Crippen LogP contribution in [-0.4, -0.2) is 25.1 Å². The van der Waals surface area contributed by atoms with Crippen molar-refractivity contribution in [2.45, 2.75) is 46.0 Å². The van der Waals surface area contributed by atoms with Crippen molar-refractivity contribution >= 4 is 17.6 Å². The molecule has 0 aliphatic rings. The number of anilines is 1. The highest BCUT2D eigenvalue weighted by atomic mass is 16.5. The first-order valence-electron chi connectivity index (χ1n) is 9.60. The average Bonchev–Trinajstić information content (AvgIpc) is 2.66. The minimum absolute atomic E-state index is 0.0748. The standard InChI is InChI=1S/C23H29NO4/c1-5-6-15-27-22(26)17-11-13-18(14-12-17)24-21(25)16-28-20-10-8-7-9-19(20)23(2,3)4/h7-14H,5-6,15-16H2,1-4H3,(H,24,25). The van der Waals surface area contributed by atoms with Crippen LogP contribution in [0.1, 0.15) is 56.5 Å². The molecule has 0 aliphatic carbocycles. The second kappa shape index (κ2) is 9.93. The number of hydrogen-bond donors (Lipinski definition) is 1. The highest BCUT2D eigenvalue weighted by Gasteiger charge is 2.19. The molecule has 5 nitrogen and oxygen atoms in total. The van der Waals surface area contributed by atoms with Gasteiger partial charge in [0.25, 0.3) is 5.91 Å². The lowest BCUT2D eigenvalue weighted by atomic mass is 9.86. The molecule has 0 heterocycles.